The molecule has 4 nitrogen and oxygen atoms in total. The van der Waals surface area contributed by atoms with Gasteiger partial charge in [-0.2, -0.15) is 0 Å². The number of nitrogens with zero attached hydrogens (tertiary/aromatic N) is 1. The lowest BCUT2D eigenvalue weighted by Gasteiger charge is -2.07. The number of pyridine rings is 1. The van der Waals surface area contributed by atoms with Crippen LogP contribution in [0.15, 0.2) is 54.6 Å². The number of ether oxygens (including phenoxy) is 1. The molecule has 104 valence electrons. The monoisotopic (exact) mass is 279 g/mol. The van der Waals surface area contributed by atoms with Crippen LogP contribution < -0.4 is 4.74 Å². The highest BCUT2D eigenvalue weighted by Gasteiger charge is 2.10. The summed E-state index contributed by atoms with van der Waals surface area (Å²) in [5.41, 5.74) is 2.30. The zero-order valence-corrected chi connectivity index (χ0v) is 11.4. The molecule has 1 N–H and O–H groups in total. The molecule has 3 rings (SSSR count). The van der Waals surface area contributed by atoms with E-state index in [4.69, 9.17) is 4.74 Å². The molecule has 0 saturated carbocycles. The number of hydrogen-bond donors (Lipinski definition) is 1. The van der Waals surface area contributed by atoms with Gasteiger partial charge in [0.1, 0.15) is 5.75 Å². The summed E-state index contributed by atoms with van der Waals surface area (Å²) in [6.07, 6.45) is 0. The fraction of sp³-hybridized carbons (Fsp3) is 0.0588. The first kappa shape index (κ1) is 13.1. The van der Waals surface area contributed by atoms with Crippen molar-refractivity contribution in [1.82, 2.24) is 4.98 Å². The molecule has 0 spiro atoms. The van der Waals surface area contributed by atoms with Gasteiger partial charge in [0.25, 0.3) is 0 Å². The van der Waals surface area contributed by atoms with Gasteiger partial charge < -0.3 is 9.84 Å². The summed E-state index contributed by atoms with van der Waals surface area (Å²) < 4.78 is 5.20. The van der Waals surface area contributed by atoms with E-state index < -0.39 is 5.97 Å². The van der Waals surface area contributed by atoms with E-state index in [-0.39, 0.29) is 5.56 Å². The highest BCUT2D eigenvalue weighted by Crippen LogP contribution is 2.25. The lowest BCUT2D eigenvalue weighted by molar-refractivity contribution is 0.0699. The van der Waals surface area contributed by atoms with Gasteiger partial charge in [-0.25, -0.2) is 9.78 Å². The van der Waals surface area contributed by atoms with Crippen LogP contribution >= 0.6 is 0 Å². The number of benzene rings is 2. The van der Waals surface area contributed by atoms with Crippen LogP contribution in [0.4, 0.5) is 0 Å². The smallest absolute Gasteiger partial charge is 0.337 e. The van der Waals surface area contributed by atoms with Crippen molar-refractivity contribution in [3.8, 4) is 17.0 Å². The molecule has 0 bridgehead atoms. The van der Waals surface area contributed by atoms with Crippen LogP contribution in [0.5, 0.6) is 5.75 Å². The highest BCUT2D eigenvalue weighted by atomic mass is 16.5. The van der Waals surface area contributed by atoms with Crippen molar-refractivity contribution in [3.05, 3.63) is 60.2 Å². The van der Waals surface area contributed by atoms with E-state index in [0.29, 0.717) is 5.52 Å². The Hall–Kier alpha value is -2.88. The van der Waals surface area contributed by atoms with Gasteiger partial charge in [0.15, 0.2) is 0 Å². The zero-order valence-electron chi connectivity index (χ0n) is 11.4. The molecular weight excluding hydrogens is 266 g/mol. The molecule has 0 saturated heterocycles. The van der Waals surface area contributed by atoms with Crippen molar-refractivity contribution < 1.29 is 14.6 Å². The molecule has 0 atom stereocenters. The maximum Gasteiger partial charge on any atom is 0.337 e. The van der Waals surface area contributed by atoms with Crippen LogP contribution in [-0.4, -0.2) is 23.2 Å². The van der Waals surface area contributed by atoms with E-state index in [2.05, 4.69) is 4.98 Å². The summed E-state index contributed by atoms with van der Waals surface area (Å²) in [5.74, 6) is -0.239. The zero-order chi connectivity index (χ0) is 14.8. The molecule has 1 heterocycles. The Balaban J connectivity index is 2.20. The SMILES string of the molecule is COc1cccc(-c2ccc3cccc(C(=O)O)c3n2)c1. The van der Waals surface area contributed by atoms with E-state index in [0.717, 1.165) is 22.4 Å². The van der Waals surface area contributed by atoms with Crippen molar-refractivity contribution in [1.29, 1.82) is 0 Å². The average molecular weight is 279 g/mol. The highest BCUT2D eigenvalue weighted by molar-refractivity contribution is 6.02. The normalized spacial score (nSPS) is 10.5. The van der Waals surface area contributed by atoms with Gasteiger partial charge in [-0.15, -0.1) is 0 Å². The summed E-state index contributed by atoms with van der Waals surface area (Å²) in [6.45, 7) is 0. The van der Waals surface area contributed by atoms with Crippen LogP contribution in [-0.2, 0) is 0 Å². The lowest BCUT2D eigenvalue weighted by Crippen LogP contribution is -1.99. The molecule has 0 radical (unpaired) electrons. The van der Waals surface area contributed by atoms with E-state index in [1.807, 2.05) is 42.5 Å². The van der Waals surface area contributed by atoms with Crippen molar-refractivity contribution in [2.45, 2.75) is 0 Å². The Morgan fingerprint density at radius 2 is 1.90 bits per heavy atom. The van der Waals surface area contributed by atoms with Crippen molar-refractivity contribution >= 4 is 16.9 Å². The number of rotatable bonds is 3. The summed E-state index contributed by atoms with van der Waals surface area (Å²) in [7, 11) is 1.61. The van der Waals surface area contributed by atoms with E-state index in [1.54, 1.807) is 19.2 Å². The van der Waals surface area contributed by atoms with Crippen LogP contribution in [0.1, 0.15) is 10.4 Å². The minimum absolute atomic E-state index is 0.206. The second-order valence-electron chi connectivity index (χ2n) is 4.61. The van der Waals surface area contributed by atoms with Gasteiger partial charge in [0, 0.05) is 10.9 Å². The van der Waals surface area contributed by atoms with E-state index in [1.165, 1.54) is 0 Å². The minimum atomic E-state index is -0.976. The molecule has 4 heteroatoms. The molecule has 0 amide bonds. The Morgan fingerprint density at radius 1 is 1.10 bits per heavy atom. The molecule has 21 heavy (non-hydrogen) atoms. The number of hydrogen-bond acceptors (Lipinski definition) is 3. The molecular formula is C17H13NO3. The quantitative estimate of drug-likeness (QED) is 0.795. The number of aromatic nitrogens is 1. The van der Waals surface area contributed by atoms with E-state index >= 15 is 0 Å². The standard InChI is InChI=1S/C17H13NO3/c1-21-13-6-2-5-12(10-13)15-9-8-11-4-3-7-14(17(19)20)16(11)18-15/h2-10H,1H3,(H,19,20). The largest absolute Gasteiger partial charge is 0.497 e. The average Bonchev–Trinajstić information content (AvgIpc) is 2.53. The second-order valence-corrected chi connectivity index (χ2v) is 4.61. The Morgan fingerprint density at radius 3 is 2.67 bits per heavy atom. The molecule has 0 fully saturated rings. The van der Waals surface area contributed by atoms with Gasteiger partial charge in [0.05, 0.1) is 23.9 Å². The molecule has 0 aliphatic rings. The predicted octanol–water partition coefficient (Wildman–Crippen LogP) is 3.61. The summed E-state index contributed by atoms with van der Waals surface area (Å²) in [4.78, 5) is 15.8. The molecule has 2 aromatic carbocycles. The summed E-state index contributed by atoms with van der Waals surface area (Å²) >= 11 is 0. The number of para-hydroxylation sites is 1. The maximum absolute atomic E-state index is 11.3. The lowest BCUT2D eigenvalue weighted by atomic mass is 10.1. The minimum Gasteiger partial charge on any atom is -0.497 e. The number of fused-ring (bicyclic) bond motifs is 1. The maximum atomic E-state index is 11.3. The van der Waals surface area contributed by atoms with Crippen molar-refractivity contribution in [3.63, 3.8) is 0 Å². The third kappa shape index (κ3) is 2.43. The third-order valence-corrected chi connectivity index (χ3v) is 3.32. The van der Waals surface area contributed by atoms with Crippen LogP contribution in [0.2, 0.25) is 0 Å². The topological polar surface area (TPSA) is 59.4 Å². The van der Waals surface area contributed by atoms with Gasteiger partial charge in [-0.05, 0) is 24.3 Å². The Kier molecular flexibility index (Phi) is 3.28. The van der Waals surface area contributed by atoms with E-state index in [9.17, 15) is 9.90 Å². The number of carboxylic acid groups (broad SMARTS) is 1. The summed E-state index contributed by atoms with van der Waals surface area (Å²) in [6, 6.07) is 16.4. The number of carbonyl (C=O) groups is 1. The molecule has 3 aromatic rings. The number of aromatic carboxylic acids is 1. The number of carboxylic acids is 1. The fourth-order valence-electron chi connectivity index (χ4n) is 2.26. The van der Waals surface area contributed by atoms with Crippen molar-refractivity contribution in [2.75, 3.05) is 7.11 Å². The van der Waals surface area contributed by atoms with Crippen LogP contribution in [0, 0.1) is 0 Å². The van der Waals surface area contributed by atoms with Crippen LogP contribution in [0.3, 0.4) is 0 Å². The summed E-state index contributed by atoms with van der Waals surface area (Å²) in [5, 5.41) is 10.1. The first-order valence-electron chi connectivity index (χ1n) is 6.46. The first-order valence-corrected chi connectivity index (χ1v) is 6.46. The Labute approximate surface area is 121 Å². The van der Waals surface area contributed by atoms with Gasteiger partial charge in [-0.3, -0.25) is 0 Å². The first-order chi connectivity index (χ1) is 10.2. The number of methoxy groups -OCH3 is 1. The van der Waals surface area contributed by atoms with Crippen LogP contribution in [0.25, 0.3) is 22.2 Å². The molecule has 0 aliphatic carbocycles. The molecule has 0 unspecified atom stereocenters. The van der Waals surface area contributed by atoms with Gasteiger partial charge in [0.2, 0.25) is 0 Å². The Bertz CT molecular complexity index is 827. The fourth-order valence-corrected chi connectivity index (χ4v) is 2.26. The second kappa shape index (κ2) is 5.25. The molecule has 1 aromatic heterocycles. The van der Waals surface area contributed by atoms with Gasteiger partial charge in [-0.1, -0.05) is 30.3 Å². The molecule has 0 aliphatic heterocycles. The predicted molar refractivity (Wildman–Crippen MR) is 80.7 cm³/mol. The van der Waals surface area contributed by atoms with Gasteiger partial charge >= 0.3 is 5.97 Å². The third-order valence-electron chi connectivity index (χ3n) is 3.32. The van der Waals surface area contributed by atoms with Crippen molar-refractivity contribution in [2.24, 2.45) is 0 Å².